The molecule has 0 aliphatic heterocycles. The molecule has 1 saturated carbocycles. The molecule has 1 aliphatic rings. The highest BCUT2D eigenvalue weighted by Gasteiger charge is 2.28. The van der Waals surface area contributed by atoms with E-state index in [-0.39, 0.29) is 11.7 Å². The number of ketones is 1. The first kappa shape index (κ1) is 13.5. The molecule has 4 nitrogen and oxygen atoms in total. The fourth-order valence-corrected chi connectivity index (χ4v) is 3.01. The molecule has 5 heteroatoms. The van der Waals surface area contributed by atoms with Crippen LogP contribution in [0.3, 0.4) is 0 Å². The van der Waals surface area contributed by atoms with Gasteiger partial charge in [0.15, 0.2) is 0 Å². The van der Waals surface area contributed by atoms with Crippen LogP contribution < -0.4 is 0 Å². The number of carbonyl (C=O) groups excluding carboxylic acids is 1. The normalized spacial score (nSPS) is 19.9. The first-order chi connectivity index (χ1) is 9.75. The number of Topliss-reactive ketones (excluding diaryl/α,β-unsaturated/α-hetero) is 1. The molecule has 1 aliphatic carbocycles. The summed E-state index contributed by atoms with van der Waals surface area (Å²) in [7, 11) is 0. The molecule has 1 aromatic carbocycles. The van der Waals surface area contributed by atoms with E-state index < -0.39 is 0 Å². The van der Waals surface area contributed by atoms with E-state index in [2.05, 4.69) is 26.1 Å². The summed E-state index contributed by atoms with van der Waals surface area (Å²) in [5.74, 6) is 0.998. The van der Waals surface area contributed by atoms with Crippen LogP contribution in [0.2, 0.25) is 0 Å². The lowest BCUT2D eigenvalue weighted by molar-refractivity contribution is -0.120. The maximum Gasteiger partial charge on any atom is 0.237 e. The highest BCUT2D eigenvalue weighted by Crippen LogP contribution is 2.31. The number of hydrogen-bond donors (Lipinski definition) is 0. The quantitative estimate of drug-likeness (QED) is 0.775. The second-order valence-corrected chi connectivity index (χ2v) is 5.91. The van der Waals surface area contributed by atoms with E-state index in [0.29, 0.717) is 18.1 Å². The Morgan fingerprint density at radius 1 is 1.20 bits per heavy atom. The van der Waals surface area contributed by atoms with Gasteiger partial charge in [0.25, 0.3) is 0 Å². The van der Waals surface area contributed by atoms with Gasteiger partial charge in [-0.1, -0.05) is 46.1 Å². The monoisotopic (exact) mass is 334 g/mol. The Bertz CT molecular complexity index is 624. The lowest BCUT2D eigenvalue weighted by atomic mass is 9.99. The van der Waals surface area contributed by atoms with E-state index in [1.807, 2.05) is 24.3 Å². The zero-order valence-electron chi connectivity index (χ0n) is 11.0. The molecular formula is C15H15BrN2O2. The van der Waals surface area contributed by atoms with E-state index in [0.717, 1.165) is 35.7 Å². The average molecular weight is 335 g/mol. The van der Waals surface area contributed by atoms with Crippen LogP contribution in [0.25, 0.3) is 11.4 Å². The number of hydrogen-bond acceptors (Lipinski definition) is 4. The standard InChI is InChI=1S/C15H15BrN2O2/c16-12-8-5-4-6-10(12)14-17-15(20-18-14)11-7-2-1-3-9-13(11)19/h4-6,8,11H,1-3,7,9H2. The van der Waals surface area contributed by atoms with Crippen LogP contribution in [0.1, 0.15) is 43.9 Å². The van der Waals surface area contributed by atoms with Crippen LogP contribution in [0.4, 0.5) is 0 Å². The van der Waals surface area contributed by atoms with Crippen LogP contribution in [0.5, 0.6) is 0 Å². The third kappa shape index (κ3) is 2.68. The van der Waals surface area contributed by atoms with E-state index >= 15 is 0 Å². The molecule has 20 heavy (non-hydrogen) atoms. The van der Waals surface area contributed by atoms with Gasteiger partial charge in [-0.15, -0.1) is 0 Å². The molecule has 0 radical (unpaired) electrons. The number of carbonyl (C=O) groups is 1. The molecule has 1 aromatic heterocycles. The molecule has 3 rings (SSSR count). The van der Waals surface area contributed by atoms with Gasteiger partial charge in [-0.2, -0.15) is 4.98 Å². The van der Waals surface area contributed by atoms with Gasteiger partial charge in [0, 0.05) is 16.5 Å². The van der Waals surface area contributed by atoms with Crippen molar-refractivity contribution in [3.63, 3.8) is 0 Å². The van der Waals surface area contributed by atoms with Crippen molar-refractivity contribution in [2.24, 2.45) is 0 Å². The Kier molecular flexibility index (Phi) is 3.96. The van der Waals surface area contributed by atoms with Crippen LogP contribution in [0, 0.1) is 0 Å². The second kappa shape index (κ2) is 5.87. The van der Waals surface area contributed by atoms with E-state index in [9.17, 15) is 4.79 Å². The lowest BCUT2D eigenvalue weighted by Crippen LogP contribution is -2.10. The SMILES string of the molecule is O=C1CCCCCC1c1nc(-c2ccccc2Br)no1. The van der Waals surface area contributed by atoms with Gasteiger partial charge in [-0.3, -0.25) is 4.79 Å². The predicted molar refractivity (Wildman–Crippen MR) is 78.3 cm³/mol. The largest absolute Gasteiger partial charge is 0.338 e. The highest BCUT2D eigenvalue weighted by atomic mass is 79.9. The van der Waals surface area contributed by atoms with Crippen molar-refractivity contribution in [2.45, 2.75) is 38.0 Å². The van der Waals surface area contributed by atoms with Crippen molar-refractivity contribution < 1.29 is 9.32 Å². The van der Waals surface area contributed by atoms with Crippen molar-refractivity contribution >= 4 is 21.7 Å². The summed E-state index contributed by atoms with van der Waals surface area (Å²) in [6, 6.07) is 7.71. The van der Waals surface area contributed by atoms with Crippen molar-refractivity contribution in [3.05, 3.63) is 34.6 Å². The molecule has 0 amide bonds. The van der Waals surface area contributed by atoms with Crippen LogP contribution in [-0.2, 0) is 4.79 Å². The summed E-state index contributed by atoms with van der Waals surface area (Å²) >= 11 is 3.47. The molecule has 1 heterocycles. The lowest BCUT2D eigenvalue weighted by Gasteiger charge is -2.06. The molecule has 0 spiro atoms. The van der Waals surface area contributed by atoms with Crippen LogP contribution in [-0.4, -0.2) is 15.9 Å². The highest BCUT2D eigenvalue weighted by molar-refractivity contribution is 9.10. The van der Waals surface area contributed by atoms with Gasteiger partial charge in [0.2, 0.25) is 11.7 Å². The maximum atomic E-state index is 12.1. The van der Waals surface area contributed by atoms with E-state index in [1.54, 1.807) is 0 Å². The van der Waals surface area contributed by atoms with Gasteiger partial charge in [0.1, 0.15) is 5.78 Å². The Morgan fingerprint density at radius 3 is 2.90 bits per heavy atom. The summed E-state index contributed by atoms with van der Waals surface area (Å²) in [6.07, 6.45) is 4.56. The smallest absolute Gasteiger partial charge is 0.237 e. The minimum atomic E-state index is -0.221. The summed E-state index contributed by atoms with van der Waals surface area (Å²) < 4.78 is 6.25. The molecule has 0 bridgehead atoms. The Balaban J connectivity index is 1.90. The molecule has 104 valence electrons. The molecule has 0 saturated heterocycles. The Labute approximate surface area is 125 Å². The third-order valence-corrected chi connectivity index (χ3v) is 4.35. The Hall–Kier alpha value is -1.49. The maximum absolute atomic E-state index is 12.1. The van der Waals surface area contributed by atoms with Gasteiger partial charge in [-0.05, 0) is 25.0 Å². The molecule has 1 fully saturated rings. The minimum absolute atomic E-state index is 0.221. The zero-order valence-corrected chi connectivity index (χ0v) is 12.6. The number of nitrogens with zero attached hydrogens (tertiary/aromatic N) is 2. The summed E-state index contributed by atoms with van der Waals surface area (Å²) in [5.41, 5.74) is 0.878. The van der Waals surface area contributed by atoms with Gasteiger partial charge in [0.05, 0.1) is 5.92 Å². The summed E-state index contributed by atoms with van der Waals surface area (Å²) in [6.45, 7) is 0. The van der Waals surface area contributed by atoms with Gasteiger partial charge < -0.3 is 4.52 Å². The Morgan fingerprint density at radius 2 is 2.05 bits per heavy atom. The van der Waals surface area contributed by atoms with E-state index in [4.69, 9.17) is 4.52 Å². The number of aromatic nitrogens is 2. The number of halogens is 1. The molecule has 1 unspecified atom stereocenters. The topological polar surface area (TPSA) is 56.0 Å². The van der Waals surface area contributed by atoms with Gasteiger partial charge in [-0.25, -0.2) is 0 Å². The van der Waals surface area contributed by atoms with Crippen molar-refractivity contribution in [3.8, 4) is 11.4 Å². The third-order valence-electron chi connectivity index (χ3n) is 3.66. The van der Waals surface area contributed by atoms with Gasteiger partial charge >= 0.3 is 0 Å². The average Bonchev–Trinajstić information content (AvgIpc) is 2.82. The number of rotatable bonds is 2. The summed E-state index contributed by atoms with van der Waals surface area (Å²) in [4.78, 5) is 16.5. The first-order valence-electron chi connectivity index (χ1n) is 6.87. The van der Waals surface area contributed by atoms with Crippen molar-refractivity contribution in [1.82, 2.24) is 10.1 Å². The van der Waals surface area contributed by atoms with Crippen LogP contribution >= 0.6 is 15.9 Å². The zero-order chi connectivity index (χ0) is 13.9. The molecule has 0 N–H and O–H groups in total. The molecular weight excluding hydrogens is 320 g/mol. The second-order valence-electron chi connectivity index (χ2n) is 5.05. The summed E-state index contributed by atoms with van der Waals surface area (Å²) in [5, 5.41) is 4.02. The first-order valence-corrected chi connectivity index (χ1v) is 7.66. The van der Waals surface area contributed by atoms with E-state index in [1.165, 1.54) is 0 Å². The predicted octanol–water partition coefficient (Wildman–Crippen LogP) is 4.12. The van der Waals surface area contributed by atoms with Crippen molar-refractivity contribution in [2.75, 3.05) is 0 Å². The van der Waals surface area contributed by atoms with Crippen LogP contribution in [0.15, 0.2) is 33.3 Å². The minimum Gasteiger partial charge on any atom is -0.338 e. The fraction of sp³-hybridized carbons (Fsp3) is 0.400. The molecule has 2 aromatic rings. The van der Waals surface area contributed by atoms with Crippen molar-refractivity contribution in [1.29, 1.82) is 0 Å². The fourth-order valence-electron chi connectivity index (χ4n) is 2.55. The number of benzene rings is 1. The molecule has 1 atom stereocenters.